The topological polar surface area (TPSA) is 98.6 Å². The number of carbonyl (C=O) groups excluding carboxylic acids is 2. The van der Waals surface area contributed by atoms with Crippen LogP contribution >= 0.6 is 0 Å². The van der Waals surface area contributed by atoms with Gasteiger partial charge >= 0.3 is 0 Å². The van der Waals surface area contributed by atoms with E-state index in [1.165, 1.54) is 21.7 Å². The summed E-state index contributed by atoms with van der Waals surface area (Å²) in [5.41, 5.74) is 2.62. The summed E-state index contributed by atoms with van der Waals surface area (Å²) in [4.78, 5) is 29.3. The van der Waals surface area contributed by atoms with E-state index in [4.69, 9.17) is 9.47 Å². The molecule has 1 fully saturated rings. The van der Waals surface area contributed by atoms with Crippen molar-refractivity contribution in [1.82, 2.24) is 25.2 Å². The summed E-state index contributed by atoms with van der Waals surface area (Å²) >= 11 is 0. The van der Waals surface area contributed by atoms with Crippen molar-refractivity contribution in [3.8, 4) is 5.75 Å². The summed E-state index contributed by atoms with van der Waals surface area (Å²) < 4.78 is 26.3. The Morgan fingerprint density at radius 3 is 2.74 bits per heavy atom. The molecule has 39 heavy (non-hydrogen) atoms. The molecule has 0 unspecified atom stereocenters. The van der Waals surface area contributed by atoms with E-state index >= 15 is 0 Å². The van der Waals surface area contributed by atoms with Crippen LogP contribution in [-0.2, 0) is 27.4 Å². The van der Waals surface area contributed by atoms with Gasteiger partial charge in [-0.05, 0) is 60.4 Å². The number of para-hydroxylation sites is 1. The van der Waals surface area contributed by atoms with Crippen LogP contribution in [0.4, 0.5) is 4.39 Å². The van der Waals surface area contributed by atoms with Gasteiger partial charge in [0, 0.05) is 19.7 Å². The average molecular weight is 532 g/mol. The molecule has 10 heteroatoms. The average Bonchev–Trinajstić information content (AvgIpc) is 3.63. The van der Waals surface area contributed by atoms with E-state index in [2.05, 4.69) is 15.6 Å². The van der Waals surface area contributed by atoms with E-state index in [1.807, 2.05) is 24.3 Å². The number of hydrogen-bond donors (Lipinski definition) is 1. The number of nitrogens with one attached hydrogen (secondary N) is 1. The van der Waals surface area contributed by atoms with Crippen LogP contribution in [0.2, 0.25) is 0 Å². The van der Waals surface area contributed by atoms with Crippen LogP contribution in [0.5, 0.6) is 5.75 Å². The summed E-state index contributed by atoms with van der Waals surface area (Å²) in [5, 5.41) is 11.3. The summed E-state index contributed by atoms with van der Waals surface area (Å²) in [7, 11) is 1.54. The van der Waals surface area contributed by atoms with E-state index in [0.717, 1.165) is 12.8 Å². The number of aromatic nitrogens is 3. The Morgan fingerprint density at radius 1 is 1.15 bits per heavy atom. The summed E-state index contributed by atoms with van der Waals surface area (Å²) in [6, 6.07) is 19.3. The molecule has 0 spiro atoms. The third kappa shape index (κ3) is 6.23. The molecule has 2 amide bonds. The normalized spacial score (nSPS) is 15.7. The number of benzene rings is 3. The second kappa shape index (κ2) is 12.0. The number of fused-ring (bicyclic) bond motifs is 1. The number of carbonyl (C=O) groups is 2. The minimum absolute atomic E-state index is 0.0670. The van der Waals surface area contributed by atoms with Crippen molar-refractivity contribution in [1.29, 1.82) is 0 Å². The van der Waals surface area contributed by atoms with Gasteiger partial charge in [-0.25, -0.2) is 9.07 Å². The Morgan fingerprint density at radius 2 is 1.97 bits per heavy atom. The van der Waals surface area contributed by atoms with Gasteiger partial charge in [-0.2, -0.15) is 0 Å². The summed E-state index contributed by atoms with van der Waals surface area (Å²) in [6.07, 6.45) is 1.74. The van der Waals surface area contributed by atoms with Crippen LogP contribution in [0, 0.1) is 5.82 Å². The fourth-order valence-electron chi connectivity index (χ4n) is 4.76. The number of methoxy groups -OCH3 is 1. The second-order valence-corrected chi connectivity index (χ2v) is 9.44. The van der Waals surface area contributed by atoms with E-state index in [1.54, 1.807) is 43.5 Å². The maximum atomic E-state index is 14.0. The fraction of sp³-hybridized carbons (Fsp3) is 0.310. The largest absolute Gasteiger partial charge is 0.497 e. The minimum atomic E-state index is -0.992. The molecule has 2 atom stereocenters. The van der Waals surface area contributed by atoms with Crippen LogP contribution < -0.4 is 10.1 Å². The number of nitrogens with zero attached hydrogens (tertiary/aromatic N) is 4. The highest BCUT2D eigenvalue weighted by Gasteiger charge is 2.33. The molecule has 0 bridgehead atoms. The van der Waals surface area contributed by atoms with Gasteiger partial charge < -0.3 is 19.7 Å². The van der Waals surface area contributed by atoms with E-state index in [-0.39, 0.29) is 36.8 Å². The Hall–Kier alpha value is -4.31. The van der Waals surface area contributed by atoms with Crippen molar-refractivity contribution in [3.05, 3.63) is 89.7 Å². The number of hydrogen-bond acceptors (Lipinski definition) is 6. The maximum Gasteiger partial charge on any atom is 0.247 e. The lowest BCUT2D eigenvalue weighted by atomic mass is 10.0. The first kappa shape index (κ1) is 26.3. The zero-order valence-electron chi connectivity index (χ0n) is 21.6. The maximum absolute atomic E-state index is 14.0. The summed E-state index contributed by atoms with van der Waals surface area (Å²) in [6.45, 7) is 0.939. The molecule has 0 radical (unpaired) electrons. The van der Waals surface area contributed by atoms with E-state index in [0.29, 0.717) is 41.1 Å². The first-order valence-corrected chi connectivity index (χ1v) is 12.9. The highest BCUT2D eigenvalue weighted by molar-refractivity contribution is 5.89. The smallest absolute Gasteiger partial charge is 0.247 e. The van der Waals surface area contributed by atoms with Crippen molar-refractivity contribution in [2.24, 2.45) is 0 Å². The fourth-order valence-corrected chi connectivity index (χ4v) is 4.76. The molecular formula is C29H30FN5O4. The molecule has 0 aliphatic carbocycles. The number of ether oxygens (including phenoxy) is 2. The van der Waals surface area contributed by atoms with Gasteiger partial charge in [0.25, 0.3) is 0 Å². The molecule has 0 saturated carbocycles. The van der Waals surface area contributed by atoms with Crippen LogP contribution in [0.1, 0.15) is 30.0 Å². The highest BCUT2D eigenvalue weighted by atomic mass is 19.1. The van der Waals surface area contributed by atoms with Crippen molar-refractivity contribution in [2.45, 2.75) is 38.1 Å². The predicted molar refractivity (Wildman–Crippen MR) is 142 cm³/mol. The van der Waals surface area contributed by atoms with Crippen molar-refractivity contribution in [3.63, 3.8) is 0 Å². The van der Waals surface area contributed by atoms with E-state index in [9.17, 15) is 14.0 Å². The third-order valence-electron chi connectivity index (χ3n) is 6.79. The van der Waals surface area contributed by atoms with Crippen LogP contribution in [0.25, 0.3) is 11.0 Å². The van der Waals surface area contributed by atoms with Crippen LogP contribution in [0.15, 0.2) is 72.8 Å². The molecule has 1 aliphatic rings. The molecule has 1 aromatic heterocycles. The highest BCUT2D eigenvalue weighted by Crippen LogP contribution is 2.28. The van der Waals surface area contributed by atoms with Crippen molar-refractivity contribution in [2.75, 3.05) is 20.3 Å². The SMILES string of the molecule is COc1cccc([C@@H](C(=O)NC[C@H]2CCCO2)N(Cc2ccc(F)cc2)C(=O)Cn2nnc3ccccc32)c1. The van der Waals surface area contributed by atoms with Gasteiger partial charge in [0.2, 0.25) is 11.8 Å². The molecule has 1 saturated heterocycles. The van der Waals surface area contributed by atoms with Crippen molar-refractivity contribution >= 4 is 22.8 Å². The number of rotatable bonds is 10. The standard InChI is InChI=1S/C29H30FN5O4/c1-38-23-7-4-6-21(16-23)28(29(37)31-17-24-8-5-15-39-24)34(18-20-11-13-22(30)14-12-20)27(36)19-35-26-10-3-2-9-25(26)32-33-35/h2-4,6-7,9-14,16,24,28H,5,8,15,17-19H2,1H3,(H,31,37)/t24-,28+/m1/s1. The predicted octanol–water partition coefficient (Wildman–Crippen LogP) is 3.64. The van der Waals surface area contributed by atoms with Gasteiger partial charge in [0.15, 0.2) is 0 Å². The first-order valence-electron chi connectivity index (χ1n) is 12.9. The Balaban J connectivity index is 1.51. The molecule has 1 N–H and O–H groups in total. The van der Waals surface area contributed by atoms with Gasteiger partial charge in [-0.15, -0.1) is 5.10 Å². The molecule has 9 nitrogen and oxygen atoms in total. The molecule has 3 aromatic carbocycles. The number of halogens is 1. The summed E-state index contributed by atoms with van der Waals surface area (Å²) in [5.74, 6) is -0.530. The molecule has 5 rings (SSSR count). The Bertz CT molecular complexity index is 1440. The van der Waals surface area contributed by atoms with Gasteiger partial charge in [-0.3, -0.25) is 9.59 Å². The first-order chi connectivity index (χ1) is 19.0. The van der Waals surface area contributed by atoms with Gasteiger partial charge in [0.1, 0.15) is 29.7 Å². The molecule has 1 aliphatic heterocycles. The molecule has 2 heterocycles. The zero-order chi connectivity index (χ0) is 27.2. The Labute approximate surface area is 225 Å². The molecule has 202 valence electrons. The van der Waals surface area contributed by atoms with Crippen LogP contribution in [-0.4, -0.2) is 58.1 Å². The van der Waals surface area contributed by atoms with Crippen LogP contribution in [0.3, 0.4) is 0 Å². The minimum Gasteiger partial charge on any atom is -0.497 e. The second-order valence-electron chi connectivity index (χ2n) is 9.44. The lowest BCUT2D eigenvalue weighted by Crippen LogP contribution is -2.46. The van der Waals surface area contributed by atoms with Crippen molar-refractivity contribution < 1.29 is 23.5 Å². The Kier molecular flexibility index (Phi) is 8.12. The lowest BCUT2D eigenvalue weighted by Gasteiger charge is -2.32. The lowest BCUT2D eigenvalue weighted by molar-refractivity contribution is -0.142. The van der Waals surface area contributed by atoms with E-state index < -0.39 is 6.04 Å². The molecular weight excluding hydrogens is 501 g/mol. The molecule has 4 aromatic rings. The monoisotopic (exact) mass is 531 g/mol. The quantitative estimate of drug-likeness (QED) is 0.336. The van der Waals surface area contributed by atoms with Gasteiger partial charge in [-0.1, -0.05) is 41.6 Å². The zero-order valence-corrected chi connectivity index (χ0v) is 21.6. The third-order valence-corrected chi connectivity index (χ3v) is 6.79. The number of amides is 2. The van der Waals surface area contributed by atoms with Gasteiger partial charge in [0.05, 0.1) is 18.7 Å².